The maximum atomic E-state index is 13.0. The van der Waals surface area contributed by atoms with E-state index < -0.39 is 20.0 Å². The molecule has 4 aromatic rings. The molecule has 0 unspecified atom stereocenters. The smallest absolute Gasteiger partial charge is 0.263 e. The quantitative estimate of drug-likeness (QED) is 0.349. The van der Waals surface area contributed by atoms with Gasteiger partial charge in [0.25, 0.3) is 10.0 Å². The minimum Gasteiger partial charge on any atom is -0.337 e. The van der Waals surface area contributed by atoms with Gasteiger partial charge in [0.15, 0.2) is 11.6 Å². The van der Waals surface area contributed by atoms with Crippen molar-refractivity contribution in [2.45, 2.75) is 22.6 Å². The fourth-order valence-corrected chi connectivity index (χ4v) is 6.53. The van der Waals surface area contributed by atoms with Crippen molar-refractivity contribution in [3.05, 3.63) is 77.8 Å². The molecule has 1 saturated heterocycles. The summed E-state index contributed by atoms with van der Waals surface area (Å²) in [7, 11) is -7.53. The Morgan fingerprint density at radius 3 is 1.89 bits per heavy atom. The molecule has 1 aliphatic heterocycles. The lowest BCUT2D eigenvalue weighted by atomic mass is 10.3. The molecule has 0 aliphatic carbocycles. The molecule has 0 radical (unpaired) electrons. The van der Waals surface area contributed by atoms with Gasteiger partial charge in [-0.15, -0.1) is 0 Å². The highest BCUT2D eigenvalue weighted by molar-refractivity contribution is 7.92. The molecule has 12 heteroatoms. The summed E-state index contributed by atoms with van der Waals surface area (Å²) in [5.74, 6) is 0.166. The van der Waals surface area contributed by atoms with Crippen molar-refractivity contribution >= 4 is 60.0 Å². The molecule has 1 aliphatic rings. The zero-order valence-electron chi connectivity index (χ0n) is 18.9. The van der Waals surface area contributed by atoms with Gasteiger partial charge in [-0.25, -0.2) is 26.8 Å². The third-order valence-corrected chi connectivity index (χ3v) is 9.27. The van der Waals surface area contributed by atoms with Crippen LogP contribution in [0.4, 0.5) is 17.3 Å². The van der Waals surface area contributed by atoms with Crippen LogP contribution in [-0.2, 0) is 20.0 Å². The normalized spacial score (nSPS) is 14.7. The van der Waals surface area contributed by atoms with Crippen molar-refractivity contribution < 1.29 is 16.8 Å². The number of para-hydroxylation sites is 2. The Kier molecular flexibility index (Phi) is 6.56. The minimum absolute atomic E-state index is 0.00239. The lowest BCUT2D eigenvalue weighted by Crippen LogP contribution is -2.27. The molecular formula is C24H22ClN5O4S2. The van der Waals surface area contributed by atoms with Gasteiger partial charge < -0.3 is 5.32 Å². The summed E-state index contributed by atoms with van der Waals surface area (Å²) in [5, 5.41) is 3.48. The van der Waals surface area contributed by atoms with Crippen molar-refractivity contribution in [3.8, 4) is 0 Å². The summed E-state index contributed by atoms with van der Waals surface area (Å²) in [5.41, 5.74) is 1.58. The highest BCUT2D eigenvalue weighted by Gasteiger charge is 2.27. The molecular weight excluding hydrogens is 522 g/mol. The van der Waals surface area contributed by atoms with Gasteiger partial charge in [-0.1, -0.05) is 23.7 Å². The maximum absolute atomic E-state index is 13.0. The first kappa shape index (κ1) is 24.4. The fraction of sp³-hybridized carbons (Fsp3) is 0.167. The number of sulfonamides is 2. The number of hydrogen-bond acceptors (Lipinski definition) is 7. The monoisotopic (exact) mass is 543 g/mol. The number of rotatable bonds is 7. The van der Waals surface area contributed by atoms with E-state index in [1.165, 1.54) is 40.7 Å². The average Bonchev–Trinajstić information content (AvgIpc) is 3.41. The van der Waals surface area contributed by atoms with Gasteiger partial charge in [-0.3, -0.25) is 4.72 Å². The van der Waals surface area contributed by atoms with Crippen LogP contribution in [0.15, 0.2) is 82.6 Å². The molecule has 2 heterocycles. The van der Waals surface area contributed by atoms with Crippen LogP contribution >= 0.6 is 11.6 Å². The molecule has 0 spiro atoms. The van der Waals surface area contributed by atoms with Crippen LogP contribution < -0.4 is 10.0 Å². The number of aromatic nitrogens is 2. The fourth-order valence-electron chi connectivity index (χ4n) is 3.88. The molecule has 0 saturated carbocycles. The third-order valence-electron chi connectivity index (χ3n) is 5.75. The van der Waals surface area contributed by atoms with Gasteiger partial charge in [-0.05, 0) is 73.5 Å². The topological polar surface area (TPSA) is 121 Å². The lowest BCUT2D eigenvalue weighted by molar-refractivity contribution is 0.477. The summed E-state index contributed by atoms with van der Waals surface area (Å²) in [6.45, 7) is 1.04. The molecule has 0 bridgehead atoms. The summed E-state index contributed by atoms with van der Waals surface area (Å²) in [4.78, 5) is 9.23. The highest BCUT2D eigenvalue weighted by atomic mass is 35.5. The van der Waals surface area contributed by atoms with Crippen LogP contribution in [0.25, 0.3) is 11.0 Å². The van der Waals surface area contributed by atoms with E-state index in [2.05, 4.69) is 20.0 Å². The zero-order chi connectivity index (χ0) is 25.3. The number of halogens is 1. The molecule has 9 nitrogen and oxygen atoms in total. The van der Waals surface area contributed by atoms with E-state index in [1.54, 1.807) is 36.4 Å². The van der Waals surface area contributed by atoms with Crippen LogP contribution in [-0.4, -0.2) is 44.2 Å². The summed E-state index contributed by atoms with van der Waals surface area (Å²) in [6.07, 6.45) is 1.71. The van der Waals surface area contributed by atoms with Crippen LogP contribution in [0, 0.1) is 0 Å². The molecule has 0 amide bonds. The number of fused-ring (bicyclic) bond motifs is 1. The van der Waals surface area contributed by atoms with Crippen LogP contribution in [0.1, 0.15) is 12.8 Å². The first-order valence-electron chi connectivity index (χ1n) is 11.1. The van der Waals surface area contributed by atoms with E-state index in [9.17, 15) is 16.8 Å². The van der Waals surface area contributed by atoms with Crippen LogP contribution in [0.3, 0.4) is 0 Å². The van der Waals surface area contributed by atoms with Crippen molar-refractivity contribution in [1.29, 1.82) is 0 Å². The first-order valence-corrected chi connectivity index (χ1v) is 14.4. The van der Waals surface area contributed by atoms with Crippen molar-refractivity contribution in [2.75, 3.05) is 23.1 Å². The second-order valence-corrected chi connectivity index (χ2v) is 12.3. The SMILES string of the molecule is O=S(=O)(Nc1nc2ccccc2nc1Nc1ccc(S(=O)(=O)N2CCCC2)cc1)c1ccc(Cl)cc1. The number of nitrogens with one attached hydrogen (secondary N) is 2. The van der Waals surface area contributed by atoms with E-state index in [0.29, 0.717) is 34.8 Å². The van der Waals surface area contributed by atoms with Crippen LogP contribution in [0.2, 0.25) is 5.02 Å². The van der Waals surface area contributed by atoms with Gasteiger partial charge in [0.2, 0.25) is 10.0 Å². The molecule has 186 valence electrons. The predicted molar refractivity (Wildman–Crippen MR) is 140 cm³/mol. The standard InChI is InChI=1S/C24H22ClN5O4S2/c25-17-7-11-19(12-8-17)35(31,32)29-24-23(27-21-5-1-2-6-22(21)28-24)26-18-9-13-20(14-10-18)36(33,34)30-15-3-4-16-30/h1-2,5-14H,3-4,15-16H2,(H,26,27)(H,28,29). The summed E-state index contributed by atoms with van der Waals surface area (Å²) in [6, 6.07) is 19.1. The van der Waals surface area contributed by atoms with E-state index >= 15 is 0 Å². The Labute approximate surface area is 214 Å². The Bertz CT molecular complexity index is 1620. The van der Waals surface area contributed by atoms with Crippen LogP contribution in [0.5, 0.6) is 0 Å². The van der Waals surface area contributed by atoms with Gasteiger partial charge in [0.1, 0.15) is 0 Å². The largest absolute Gasteiger partial charge is 0.337 e. The van der Waals surface area contributed by atoms with Gasteiger partial charge in [0.05, 0.1) is 20.8 Å². The molecule has 1 aromatic heterocycles. The van der Waals surface area contributed by atoms with E-state index in [0.717, 1.165) is 12.8 Å². The highest BCUT2D eigenvalue weighted by Crippen LogP contribution is 2.29. The number of anilines is 3. The Balaban J connectivity index is 1.47. The zero-order valence-corrected chi connectivity index (χ0v) is 21.3. The molecule has 1 fully saturated rings. The molecule has 36 heavy (non-hydrogen) atoms. The summed E-state index contributed by atoms with van der Waals surface area (Å²) >= 11 is 5.89. The molecule has 0 atom stereocenters. The second-order valence-electron chi connectivity index (χ2n) is 8.23. The van der Waals surface area contributed by atoms with E-state index in [4.69, 9.17) is 11.6 Å². The number of benzene rings is 3. The second kappa shape index (κ2) is 9.66. The minimum atomic E-state index is -3.99. The van der Waals surface area contributed by atoms with E-state index in [1.807, 2.05) is 0 Å². The predicted octanol–water partition coefficient (Wildman–Crippen LogP) is 4.61. The van der Waals surface area contributed by atoms with Gasteiger partial charge in [-0.2, -0.15) is 4.31 Å². The Hall–Kier alpha value is -3.25. The van der Waals surface area contributed by atoms with Gasteiger partial charge >= 0.3 is 0 Å². The molecule has 2 N–H and O–H groups in total. The van der Waals surface area contributed by atoms with Crippen molar-refractivity contribution in [2.24, 2.45) is 0 Å². The molecule has 3 aromatic carbocycles. The Morgan fingerprint density at radius 1 is 0.722 bits per heavy atom. The lowest BCUT2D eigenvalue weighted by Gasteiger charge is -2.16. The number of hydrogen-bond donors (Lipinski definition) is 2. The van der Waals surface area contributed by atoms with Gasteiger partial charge in [0, 0.05) is 23.8 Å². The first-order chi connectivity index (χ1) is 17.2. The average molecular weight is 544 g/mol. The van der Waals surface area contributed by atoms with Crippen molar-refractivity contribution in [1.82, 2.24) is 14.3 Å². The van der Waals surface area contributed by atoms with Crippen molar-refractivity contribution in [3.63, 3.8) is 0 Å². The maximum Gasteiger partial charge on any atom is 0.263 e. The third kappa shape index (κ3) is 5.00. The Morgan fingerprint density at radius 2 is 1.28 bits per heavy atom. The molecule has 5 rings (SSSR count). The number of nitrogens with zero attached hydrogens (tertiary/aromatic N) is 3. The summed E-state index contributed by atoms with van der Waals surface area (Å²) < 4.78 is 55.6. The van der Waals surface area contributed by atoms with E-state index in [-0.39, 0.29) is 21.4 Å².